The lowest BCUT2D eigenvalue weighted by atomic mass is 10.1. The van der Waals surface area contributed by atoms with E-state index < -0.39 is 29.2 Å². The van der Waals surface area contributed by atoms with E-state index in [4.69, 9.17) is 14.6 Å². The van der Waals surface area contributed by atoms with Gasteiger partial charge in [0, 0.05) is 18.6 Å². The summed E-state index contributed by atoms with van der Waals surface area (Å²) in [7, 11) is 1.28. The monoisotopic (exact) mass is 446 g/mol. The molecule has 0 fully saturated rings. The first-order valence-electron chi connectivity index (χ1n) is 9.13. The maximum Gasteiger partial charge on any atom is 0.354 e. The molecule has 2 aromatic carbocycles. The highest BCUT2D eigenvalue weighted by molar-refractivity contribution is 6.06. The number of aromatic carboxylic acids is 1. The highest BCUT2D eigenvalue weighted by Crippen LogP contribution is 2.37. The molecule has 0 unspecified atom stereocenters. The number of alkyl halides is 2. The fourth-order valence-corrected chi connectivity index (χ4v) is 2.70. The van der Waals surface area contributed by atoms with Gasteiger partial charge in [-0.25, -0.2) is 22.9 Å². The summed E-state index contributed by atoms with van der Waals surface area (Å²) >= 11 is 0. The molecule has 0 aliphatic rings. The number of ether oxygens (including phenoxy) is 2. The first-order valence-corrected chi connectivity index (χ1v) is 9.13. The van der Waals surface area contributed by atoms with E-state index in [0.29, 0.717) is 6.92 Å². The number of pyridine rings is 1. The number of carbonyl (C=O) groups excluding carboxylic acids is 1. The average molecular weight is 446 g/mol. The summed E-state index contributed by atoms with van der Waals surface area (Å²) in [5.74, 6) is -5.98. The van der Waals surface area contributed by atoms with Crippen LogP contribution in [0.1, 0.15) is 33.3 Å². The number of halogens is 3. The Morgan fingerprint density at radius 2 is 1.78 bits per heavy atom. The van der Waals surface area contributed by atoms with Crippen molar-refractivity contribution < 1.29 is 37.3 Å². The van der Waals surface area contributed by atoms with Gasteiger partial charge in [0.15, 0.2) is 11.5 Å². The number of nitrogens with zero attached hydrogens (tertiary/aromatic N) is 1. The second kappa shape index (κ2) is 8.96. The van der Waals surface area contributed by atoms with Crippen molar-refractivity contribution in [2.75, 3.05) is 12.4 Å². The van der Waals surface area contributed by atoms with Crippen LogP contribution >= 0.6 is 0 Å². The summed E-state index contributed by atoms with van der Waals surface area (Å²) in [5.41, 5.74) is -0.551. The number of hydrogen-bond donors (Lipinski definition) is 2. The lowest BCUT2D eigenvalue weighted by Gasteiger charge is -2.17. The van der Waals surface area contributed by atoms with Crippen molar-refractivity contribution in [2.45, 2.75) is 12.8 Å². The number of carboxylic acid groups (broad SMARTS) is 1. The molecule has 0 bridgehead atoms. The largest absolute Gasteiger partial charge is 0.493 e. The minimum absolute atomic E-state index is 0.00141. The molecule has 0 aliphatic carbocycles. The number of nitrogens with one attached hydrogen (secondary N) is 1. The van der Waals surface area contributed by atoms with E-state index in [0.717, 1.165) is 36.5 Å². The maximum absolute atomic E-state index is 13.9. The van der Waals surface area contributed by atoms with Gasteiger partial charge >= 0.3 is 5.97 Å². The molecule has 0 saturated heterocycles. The zero-order valence-electron chi connectivity index (χ0n) is 16.9. The van der Waals surface area contributed by atoms with Gasteiger partial charge in [0.25, 0.3) is 11.8 Å². The fourth-order valence-electron chi connectivity index (χ4n) is 2.70. The first-order chi connectivity index (χ1) is 15.1. The Hall–Kier alpha value is -4.08. The van der Waals surface area contributed by atoms with Crippen LogP contribution in [-0.2, 0) is 5.92 Å². The van der Waals surface area contributed by atoms with Gasteiger partial charge in [0.2, 0.25) is 0 Å². The predicted molar refractivity (Wildman–Crippen MR) is 108 cm³/mol. The number of rotatable bonds is 7. The Morgan fingerprint density at radius 3 is 2.38 bits per heavy atom. The summed E-state index contributed by atoms with van der Waals surface area (Å²) in [5, 5.41) is 11.4. The Labute approximate surface area is 180 Å². The van der Waals surface area contributed by atoms with Gasteiger partial charge in [-0.1, -0.05) is 6.07 Å². The second-order valence-electron chi connectivity index (χ2n) is 6.69. The SMILES string of the molecule is COc1cc(F)ccc1Oc1cc(C(C)(F)F)ccc1C(=O)Nc1ccc(C(=O)O)nc1. The van der Waals surface area contributed by atoms with Crippen molar-refractivity contribution in [2.24, 2.45) is 0 Å². The van der Waals surface area contributed by atoms with Crippen LogP contribution in [0.25, 0.3) is 0 Å². The minimum Gasteiger partial charge on any atom is -0.493 e. The summed E-state index contributed by atoms with van der Waals surface area (Å²) in [6, 6.07) is 9.13. The Kier molecular flexibility index (Phi) is 6.33. The number of aromatic nitrogens is 1. The van der Waals surface area contributed by atoms with Gasteiger partial charge in [-0.15, -0.1) is 0 Å². The molecule has 166 valence electrons. The summed E-state index contributed by atoms with van der Waals surface area (Å²) < 4.78 is 51.9. The molecular formula is C22H17F3N2O5. The fraction of sp³-hybridized carbons (Fsp3) is 0.136. The van der Waals surface area contributed by atoms with E-state index >= 15 is 0 Å². The van der Waals surface area contributed by atoms with Crippen molar-refractivity contribution in [3.8, 4) is 17.2 Å². The van der Waals surface area contributed by atoms with Crippen molar-refractivity contribution in [1.82, 2.24) is 4.98 Å². The smallest absolute Gasteiger partial charge is 0.354 e. The molecule has 1 heterocycles. The number of methoxy groups -OCH3 is 1. The number of hydrogen-bond acceptors (Lipinski definition) is 5. The van der Waals surface area contributed by atoms with Crippen LogP contribution in [-0.4, -0.2) is 29.1 Å². The molecule has 3 aromatic rings. The van der Waals surface area contributed by atoms with Crippen molar-refractivity contribution in [1.29, 1.82) is 0 Å². The summed E-state index contributed by atoms with van der Waals surface area (Å²) in [4.78, 5) is 27.4. The van der Waals surface area contributed by atoms with Crippen LogP contribution in [0, 0.1) is 5.82 Å². The second-order valence-corrected chi connectivity index (χ2v) is 6.69. The molecule has 0 spiro atoms. The van der Waals surface area contributed by atoms with Crippen LogP contribution in [0.15, 0.2) is 54.7 Å². The topological polar surface area (TPSA) is 97.8 Å². The van der Waals surface area contributed by atoms with Crippen LogP contribution in [0.4, 0.5) is 18.9 Å². The van der Waals surface area contributed by atoms with Crippen LogP contribution in [0.5, 0.6) is 17.2 Å². The summed E-state index contributed by atoms with van der Waals surface area (Å²) in [6.45, 7) is 0.694. The molecular weight excluding hydrogens is 429 g/mol. The maximum atomic E-state index is 13.9. The van der Waals surface area contributed by atoms with E-state index in [1.54, 1.807) is 0 Å². The van der Waals surface area contributed by atoms with E-state index in [-0.39, 0.29) is 34.2 Å². The molecule has 3 rings (SSSR count). The summed E-state index contributed by atoms with van der Waals surface area (Å²) in [6.07, 6.45) is 1.14. The van der Waals surface area contributed by atoms with E-state index in [1.165, 1.54) is 25.3 Å². The Balaban J connectivity index is 1.97. The molecule has 0 aliphatic heterocycles. The molecule has 10 heteroatoms. The third-order valence-corrected chi connectivity index (χ3v) is 4.32. The van der Waals surface area contributed by atoms with Crippen molar-refractivity contribution in [3.05, 3.63) is 77.4 Å². The normalized spacial score (nSPS) is 11.0. The molecule has 1 amide bonds. The van der Waals surface area contributed by atoms with Crippen LogP contribution in [0.3, 0.4) is 0 Å². The van der Waals surface area contributed by atoms with Gasteiger partial charge in [-0.3, -0.25) is 4.79 Å². The highest BCUT2D eigenvalue weighted by Gasteiger charge is 2.27. The average Bonchev–Trinajstić information content (AvgIpc) is 2.74. The first kappa shape index (κ1) is 22.6. The number of carboxylic acids is 1. The number of amides is 1. The molecule has 32 heavy (non-hydrogen) atoms. The Bertz CT molecular complexity index is 1160. The van der Waals surface area contributed by atoms with Gasteiger partial charge in [0.1, 0.15) is 17.3 Å². The van der Waals surface area contributed by atoms with Crippen molar-refractivity contribution in [3.63, 3.8) is 0 Å². The molecule has 0 saturated carbocycles. The third-order valence-electron chi connectivity index (χ3n) is 4.32. The van der Waals surface area contributed by atoms with Gasteiger partial charge in [0.05, 0.1) is 24.6 Å². The number of carbonyl (C=O) groups is 2. The van der Waals surface area contributed by atoms with E-state index in [9.17, 15) is 22.8 Å². The van der Waals surface area contributed by atoms with Crippen LogP contribution in [0.2, 0.25) is 0 Å². The third kappa shape index (κ3) is 5.15. The minimum atomic E-state index is -3.21. The standard InChI is InChI=1S/C22H17F3N2O5/c1-22(24,25)12-3-6-15(20(28)27-14-5-7-16(21(29)30)26-11-14)18(9-12)32-17-8-4-13(23)10-19(17)31-2/h3-11H,1-2H3,(H,27,28)(H,29,30). The van der Waals surface area contributed by atoms with E-state index in [2.05, 4.69) is 10.3 Å². The number of anilines is 1. The molecule has 7 nitrogen and oxygen atoms in total. The Morgan fingerprint density at radius 1 is 1.03 bits per heavy atom. The molecule has 0 atom stereocenters. The van der Waals surface area contributed by atoms with Crippen LogP contribution < -0.4 is 14.8 Å². The zero-order valence-corrected chi connectivity index (χ0v) is 16.9. The molecule has 2 N–H and O–H groups in total. The zero-order chi connectivity index (χ0) is 23.5. The number of benzene rings is 2. The predicted octanol–water partition coefficient (Wildman–Crippen LogP) is 5.08. The molecule has 1 aromatic heterocycles. The van der Waals surface area contributed by atoms with Crippen molar-refractivity contribution >= 4 is 17.6 Å². The van der Waals surface area contributed by atoms with E-state index in [1.807, 2.05) is 0 Å². The van der Waals surface area contributed by atoms with Gasteiger partial charge in [-0.2, -0.15) is 0 Å². The van der Waals surface area contributed by atoms with Gasteiger partial charge in [-0.05, 0) is 36.4 Å². The lowest BCUT2D eigenvalue weighted by Crippen LogP contribution is -2.15. The quantitative estimate of drug-likeness (QED) is 0.525. The highest BCUT2D eigenvalue weighted by atomic mass is 19.3. The lowest BCUT2D eigenvalue weighted by molar-refractivity contribution is 0.0172. The molecule has 0 radical (unpaired) electrons. The van der Waals surface area contributed by atoms with Gasteiger partial charge < -0.3 is 19.9 Å².